The van der Waals surface area contributed by atoms with Gasteiger partial charge in [0.1, 0.15) is 5.75 Å². The topological polar surface area (TPSA) is 50.4 Å². The normalized spacial score (nSPS) is 10.4. The van der Waals surface area contributed by atoms with Crippen LogP contribution in [0.4, 0.5) is 19.3 Å². The first-order valence-corrected chi connectivity index (χ1v) is 7.68. The molecule has 0 bridgehead atoms. The third-order valence-corrected chi connectivity index (χ3v) is 3.65. The second kappa shape index (κ2) is 8.38. The van der Waals surface area contributed by atoms with Gasteiger partial charge in [-0.15, -0.1) is 0 Å². The van der Waals surface area contributed by atoms with Crippen molar-refractivity contribution in [1.82, 2.24) is 5.32 Å². The smallest absolute Gasteiger partial charge is 0.319 e. The third kappa shape index (κ3) is 5.45. The predicted octanol–water partition coefficient (Wildman–Crippen LogP) is 4.33. The van der Waals surface area contributed by atoms with Gasteiger partial charge in [0, 0.05) is 22.7 Å². The zero-order chi connectivity index (χ0) is 16.7. The van der Waals surface area contributed by atoms with E-state index < -0.39 is 11.8 Å². The number of methoxy groups -OCH3 is 1. The van der Waals surface area contributed by atoms with Gasteiger partial charge in [-0.3, -0.25) is 0 Å². The number of halogens is 2. The minimum absolute atomic E-state index is 0.293. The molecule has 0 aliphatic rings. The molecule has 0 fully saturated rings. The van der Waals surface area contributed by atoms with E-state index in [2.05, 4.69) is 10.6 Å². The molecule has 0 saturated heterocycles. The van der Waals surface area contributed by atoms with E-state index >= 15 is 0 Å². The fourth-order valence-electron chi connectivity index (χ4n) is 1.95. The maximum Gasteiger partial charge on any atom is 0.319 e. The molecule has 2 rings (SSSR count). The molecule has 0 spiro atoms. The number of benzene rings is 2. The molecule has 0 saturated carbocycles. The number of hydrogen-bond donors (Lipinski definition) is 2. The molecule has 7 heteroatoms. The van der Waals surface area contributed by atoms with Gasteiger partial charge in [0.05, 0.1) is 7.11 Å². The van der Waals surface area contributed by atoms with Crippen LogP contribution in [0.25, 0.3) is 0 Å². The first-order chi connectivity index (χ1) is 11.1. The predicted molar refractivity (Wildman–Crippen MR) is 87.2 cm³/mol. The molecule has 0 unspecified atom stereocenters. The highest BCUT2D eigenvalue weighted by Crippen LogP contribution is 2.27. The number of hydrogen-bond acceptors (Lipinski definition) is 3. The minimum Gasteiger partial charge on any atom is -0.496 e. The molecule has 4 nitrogen and oxygen atoms in total. The van der Waals surface area contributed by atoms with Crippen molar-refractivity contribution >= 4 is 23.5 Å². The lowest BCUT2D eigenvalue weighted by molar-refractivity contribution is 0.251. The number of alkyl halides is 2. The number of anilines is 1. The summed E-state index contributed by atoms with van der Waals surface area (Å²) in [6.07, 6.45) is 0. The lowest BCUT2D eigenvalue weighted by Crippen LogP contribution is -2.28. The van der Waals surface area contributed by atoms with Crippen LogP contribution in [0.3, 0.4) is 0 Å². The van der Waals surface area contributed by atoms with Crippen molar-refractivity contribution in [3.05, 3.63) is 54.1 Å². The van der Waals surface area contributed by atoms with Crippen LogP contribution in [0.5, 0.6) is 5.75 Å². The summed E-state index contributed by atoms with van der Waals surface area (Å²) in [4.78, 5) is 12.3. The van der Waals surface area contributed by atoms with Gasteiger partial charge in [-0.2, -0.15) is 8.78 Å². The van der Waals surface area contributed by atoms with E-state index in [1.807, 2.05) is 18.2 Å². The van der Waals surface area contributed by atoms with Crippen molar-refractivity contribution in [2.75, 3.05) is 12.4 Å². The lowest BCUT2D eigenvalue weighted by Gasteiger charge is -2.11. The van der Waals surface area contributed by atoms with Crippen LogP contribution in [0.15, 0.2) is 53.4 Å². The Morgan fingerprint density at radius 2 is 2.00 bits per heavy atom. The van der Waals surface area contributed by atoms with Crippen LogP contribution in [-0.4, -0.2) is 18.9 Å². The molecule has 2 aromatic rings. The summed E-state index contributed by atoms with van der Waals surface area (Å²) < 4.78 is 29.9. The van der Waals surface area contributed by atoms with Crippen molar-refractivity contribution in [2.24, 2.45) is 0 Å². The molecular formula is C16H16F2N2O2S. The Labute approximate surface area is 137 Å². The first kappa shape index (κ1) is 17.1. The van der Waals surface area contributed by atoms with E-state index in [4.69, 9.17) is 4.74 Å². The summed E-state index contributed by atoms with van der Waals surface area (Å²) in [6.45, 7) is 0.293. The highest BCUT2D eigenvalue weighted by molar-refractivity contribution is 7.99. The van der Waals surface area contributed by atoms with Crippen LogP contribution in [0.2, 0.25) is 0 Å². The van der Waals surface area contributed by atoms with Gasteiger partial charge in [0.15, 0.2) is 0 Å². The van der Waals surface area contributed by atoms with Crippen molar-refractivity contribution in [2.45, 2.75) is 17.2 Å². The van der Waals surface area contributed by atoms with E-state index in [1.165, 1.54) is 6.07 Å². The van der Waals surface area contributed by atoms with Crippen molar-refractivity contribution in [1.29, 1.82) is 0 Å². The highest BCUT2D eigenvalue weighted by atomic mass is 32.2. The summed E-state index contributed by atoms with van der Waals surface area (Å²) in [7, 11) is 1.56. The Morgan fingerprint density at radius 1 is 1.22 bits per heavy atom. The average molecular weight is 338 g/mol. The quantitative estimate of drug-likeness (QED) is 0.771. The Bertz CT molecular complexity index is 668. The summed E-state index contributed by atoms with van der Waals surface area (Å²) in [6, 6.07) is 13.2. The molecule has 0 aliphatic heterocycles. The van der Waals surface area contributed by atoms with E-state index in [9.17, 15) is 13.6 Å². The lowest BCUT2D eigenvalue weighted by atomic mass is 10.2. The number of nitrogens with one attached hydrogen (secondary N) is 2. The van der Waals surface area contributed by atoms with Crippen molar-refractivity contribution in [3.63, 3.8) is 0 Å². The molecule has 2 amide bonds. The molecule has 122 valence electrons. The van der Waals surface area contributed by atoms with Crippen LogP contribution < -0.4 is 15.4 Å². The number of amides is 2. The van der Waals surface area contributed by atoms with Gasteiger partial charge in [0.25, 0.3) is 5.76 Å². The Balaban J connectivity index is 1.92. The van der Waals surface area contributed by atoms with Crippen LogP contribution in [0.1, 0.15) is 5.56 Å². The van der Waals surface area contributed by atoms with E-state index in [-0.39, 0.29) is 0 Å². The molecular weight excluding hydrogens is 322 g/mol. The van der Waals surface area contributed by atoms with E-state index in [1.54, 1.807) is 31.4 Å². The van der Waals surface area contributed by atoms with E-state index in [0.717, 1.165) is 5.56 Å². The van der Waals surface area contributed by atoms with E-state index in [0.29, 0.717) is 34.6 Å². The molecule has 2 N–H and O–H groups in total. The molecule has 0 radical (unpaired) electrons. The third-order valence-electron chi connectivity index (χ3n) is 2.95. The van der Waals surface area contributed by atoms with Gasteiger partial charge < -0.3 is 15.4 Å². The maximum absolute atomic E-state index is 12.3. The number of rotatable bonds is 6. The number of urea groups is 1. The Morgan fingerprint density at radius 3 is 2.74 bits per heavy atom. The standard InChI is InChI=1S/C16H16F2N2O2S/c1-22-14-8-3-2-5-11(14)10-19-16(21)20-12-6-4-7-13(9-12)23-15(17)18/h2-9,15H,10H2,1H3,(H2,19,20,21). The Hall–Kier alpha value is -2.28. The second-order valence-electron chi connectivity index (χ2n) is 4.53. The molecule has 2 aromatic carbocycles. The van der Waals surface area contributed by atoms with Crippen LogP contribution in [-0.2, 0) is 6.54 Å². The summed E-state index contributed by atoms with van der Waals surface area (Å²) in [5.41, 5.74) is 1.29. The van der Waals surface area contributed by atoms with Gasteiger partial charge in [-0.05, 0) is 24.3 Å². The molecule has 0 atom stereocenters. The van der Waals surface area contributed by atoms with Crippen molar-refractivity contribution in [3.8, 4) is 5.75 Å². The average Bonchev–Trinajstić information content (AvgIpc) is 2.53. The fourth-order valence-corrected chi connectivity index (χ4v) is 2.51. The number of carbonyl (C=O) groups excluding carboxylic acids is 1. The number of para-hydroxylation sites is 1. The molecule has 0 aliphatic carbocycles. The number of carbonyl (C=O) groups is 1. The summed E-state index contributed by atoms with van der Waals surface area (Å²) in [5.74, 6) is -1.81. The summed E-state index contributed by atoms with van der Waals surface area (Å²) >= 11 is 0.433. The molecule has 0 aromatic heterocycles. The summed E-state index contributed by atoms with van der Waals surface area (Å²) in [5, 5.41) is 5.31. The Kier molecular flexibility index (Phi) is 6.22. The van der Waals surface area contributed by atoms with Gasteiger partial charge in [-0.25, -0.2) is 4.79 Å². The first-order valence-electron chi connectivity index (χ1n) is 6.80. The van der Waals surface area contributed by atoms with Gasteiger partial charge in [0.2, 0.25) is 0 Å². The molecule has 0 heterocycles. The van der Waals surface area contributed by atoms with Crippen LogP contribution in [0, 0.1) is 0 Å². The largest absolute Gasteiger partial charge is 0.496 e. The minimum atomic E-state index is -2.50. The monoisotopic (exact) mass is 338 g/mol. The number of thioether (sulfide) groups is 1. The van der Waals surface area contributed by atoms with Crippen molar-refractivity contribution < 1.29 is 18.3 Å². The molecule has 23 heavy (non-hydrogen) atoms. The number of ether oxygens (including phenoxy) is 1. The maximum atomic E-state index is 12.3. The zero-order valence-electron chi connectivity index (χ0n) is 12.4. The fraction of sp³-hybridized carbons (Fsp3) is 0.188. The highest BCUT2D eigenvalue weighted by Gasteiger charge is 2.08. The van der Waals surface area contributed by atoms with Gasteiger partial charge >= 0.3 is 6.03 Å². The second-order valence-corrected chi connectivity index (χ2v) is 5.59. The zero-order valence-corrected chi connectivity index (χ0v) is 13.2. The SMILES string of the molecule is COc1ccccc1CNC(=O)Nc1cccc(SC(F)F)c1. The van der Waals surface area contributed by atoms with Crippen LogP contribution >= 0.6 is 11.8 Å². The van der Waals surface area contributed by atoms with Gasteiger partial charge in [-0.1, -0.05) is 36.0 Å².